The van der Waals surface area contributed by atoms with E-state index in [2.05, 4.69) is 19.9 Å². The van der Waals surface area contributed by atoms with Crippen LogP contribution in [0.4, 0.5) is 0 Å². The summed E-state index contributed by atoms with van der Waals surface area (Å²) in [7, 11) is 0. The maximum absolute atomic E-state index is 12.6. The Hall–Kier alpha value is -1.84. The van der Waals surface area contributed by atoms with Crippen LogP contribution in [0.5, 0.6) is 5.75 Å². The van der Waals surface area contributed by atoms with Crippen molar-refractivity contribution in [2.24, 2.45) is 17.3 Å². The highest BCUT2D eigenvalue weighted by Gasteiger charge is 2.57. The van der Waals surface area contributed by atoms with Gasteiger partial charge in [0, 0.05) is 31.1 Å². The summed E-state index contributed by atoms with van der Waals surface area (Å²) in [4.78, 5) is 24.4. The zero-order chi connectivity index (χ0) is 19.3. The van der Waals surface area contributed by atoms with Crippen LogP contribution in [-0.4, -0.2) is 23.0 Å². The first-order valence-corrected chi connectivity index (χ1v) is 10.4. The largest absolute Gasteiger partial charge is 0.508 e. The van der Waals surface area contributed by atoms with Gasteiger partial charge in [-0.05, 0) is 60.3 Å². The number of aryl methyl sites for hydroxylation is 1. The first-order chi connectivity index (χ1) is 12.8. The summed E-state index contributed by atoms with van der Waals surface area (Å²) in [5.41, 5.74) is 3.16. The fraction of sp³-hybridized carbons (Fsp3) is 0.652. The van der Waals surface area contributed by atoms with E-state index in [4.69, 9.17) is 4.74 Å². The molecular weight excluding hydrogens is 340 g/mol. The van der Waals surface area contributed by atoms with Crippen LogP contribution in [-0.2, 0) is 27.2 Å². The second kappa shape index (κ2) is 6.65. The minimum Gasteiger partial charge on any atom is -0.508 e. The van der Waals surface area contributed by atoms with Gasteiger partial charge in [-0.15, -0.1) is 0 Å². The molecule has 4 heteroatoms. The Bertz CT molecular complexity index is 783. The van der Waals surface area contributed by atoms with Gasteiger partial charge in [-0.25, -0.2) is 0 Å². The van der Waals surface area contributed by atoms with Crippen molar-refractivity contribution in [3.63, 3.8) is 0 Å². The molecule has 2 saturated carbocycles. The van der Waals surface area contributed by atoms with Crippen LogP contribution >= 0.6 is 0 Å². The lowest BCUT2D eigenvalue weighted by atomic mass is 9.54. The van der Waals surface area contributed by atoms with Gasteiger partial charge >= 0.3 is 5.97 Å². The Morgan fingerprint density at radius 3 is 2.81 bits per heavy atom. The Morgan fingerprint density at radius 2 is 2.11 bits per heavy atom. The number of Topliss-reactive ketones (excluding diaryl/α,β-unsaturated/α-hetero) is 1. The van der Waals surface area contributed by atoms with Gasteiger partial charge in [0.15, 0.2) is 0 Å². The van der Waals surface area contributed by atoms with Crippen LogP contribution in [0.15, 0.2) is 12.1 Å². The Morgan fingerprint density at radius 1 is 1.33 bits per heavy atom. The van der Waals surface area contributed by atoms with E-state index in [1.807, 2.05) is 6.07 Å². The molecular formula is C23H30O4. The van der Waals surface area contributed by atoms with Crippen molar-refractivity contribution in [2.45, 2.75) is 77.7 Å². The third kappa shape index (κ3) is 2.88. The van der Waals surface area contributed by atoms with Gasteiger partial charge in [-0.2, -0.15) is 0 Å². The van der Waals surface area contributed by atoms with Crippen molar-refractivity contribution in [3.8, 4) is 5.75 Å². The molecule has 146 valence electrons. The number of rotatable bonds is 3. The van der Waals surface area contributed by atoms with Crippen LogP contribution < -0.4 is 0 Å². The molecule has 0 aliphatic heterocycles. The standard InChI is InChI=1S/C23H30O4/c1-4-5-14-10-17-15(11-19(14)25)12-20(27-13(2)24)22-16(17)8-9-23(3)18(22)6-7-21(23)26/h10-11,16,18,20,22,25H,4-9,12H2,1-3H3/t16-,18+,20+,22-,23+/m1/s1. The van der Waals surface area contributed by atoms with E-state index >= 15 is 0 Å². The van der Waals surface area contributed by atoms with Crippen LogP contribution in [0.25, 0.3) is 0 Å². The van der Waals surface area contributed by atoms with E-state index < -0.39 is 0 Å². The average Bonchev–Trinajstić information content (AvgIpc) is 2.91. The SMILES string of the molecule is CCCc1cc2c(cc1O)C[C@H](OC(C)=O)[C@@H]1[C@@H]2CC[C@]2(C)C(=O)CC[C@@H]12. The highest BCUT2D eigenvalue weighted by Crippen LogP contribution is 2.60. The summed E-state index contributed by atoms with van der Waals surface area (Å²) >= 11 is 0. The molecule has 0 spiro atoms. The number of ether oxygens (including phenoxy) is 1. The molecule has 4 nitrogen and oxygen atoms in total. The third-order valence-electron chi connectivity index (χ3n) is 7.47. The predicted octanol–water partition coefficient (Wildman–Crippen LogP) is 4.31. The number of carbonyl (C=O) groups excluding carboxylic acids is 2. The van der Waals surface area contributed by atoms with Crippen molar-refractivity contribution < 1.29 is 19.4 Å². The van der Waals surface area contributed by atoms with E-state index in [1.54, 1.807) is 0 Å². The highest BCUT2D eigenvalue weighted by molar-refractivity contribution is 5.87. The lowest BCUT2D eigenvalue weighted by molar-refractivity contribution is -0.155. The lowest BCUT2D eigenvalue weighted by Crippen LogP contribution is -2.49. The Labute approximate surface area is 161 Å². The maximum atomic E-state index is 12.6. The fourth-order valence-corrected chi connectivity index (χ4v) is 6.22. The molecule has 27 heavy (non-hydrogen) atoms. The molecule has 0 amide bonds. The number of hydrogen-bond acceptors (Lipinski definition) is 4. The normalized spacial score (nSPS) is 34.6. The molecule has 4 rings (SSSR count). The van der Waals surface area contributed by atoms with Crippen LogP contribution in [0, 0.1) is 17.3 Å². The predicted molar refractivity (Wildman–Crippen MR) is 103 cm³/mol. The van der Waals surface area contributed by atoms with Crippen molar-refractivity contribution in [1.82, 2.24) is 0 Å². The Balaban J connectivity index is 1.79. The van der Waals surface area contributed by atoms with E-state index in [0.717, 1.165) is 43.2 Å². The van der Waals surface area contributed by atoms with Crippen LogP contribution in [0.1, 0.15) is 75.5 Å². The first kappa shape index (κ1) is 18.5. The van der Waals surface area contributed by atoms with Gasteiger partial charge in [0.25, 0.3) is 0 Å². The molecule has 1 aromatic rings. The van der Waals surface area contributed by atoms with Crippen LogP contribution in [0.2, 0.25) is 0 Å². The lowest BCUT2D eigenvalue weighted by Gasteiger charge is -2.51. The summed E-state index contributed by atoms with van der Waals surface area (Å²) in [6, 6.07) is 4.08. The zero-order valence-corrected chi connectivity index (χ0v) is 16.6. The van der Waals surface area contributed by atoms with Gasteiger partial charge in [0.2, 0.25) is 0 Å². The summed E-state index contributed by atoms with van der Waals surface area (Å²) in [6.45, 7) is 5.71. The van der Waals surface area contributed by atoms with Gasteiger partial charge < -0.3 is 9.84 Å². The molecule has 5 atom stereocenters. The monoisotopic (exact) mass is 370 g/mol. The number of esters is 1. The second-order valence-corrected chi connectivity index (χ2v) is 8.99. The molecule has 0 bridgehead atoms. The minimum absolute atomic E-state index is 0.200. The summed E-state index contributed by atoms with van der Waals surface area (Å²) < 4.78 is 5.79. The number of phenolic OH excluding ortho intramolecular Hbond substituents is 1. The second-order valence-electron chi connectivity index (χ2n) is 8.99. The Kier molecular flexibility index (Phi) is 4.56. The summed E-state index contributed by atoms with van der Waals surface area (Å²) in [5, 5.41) is 10.4. The quantitative estimate of drug-likeness (QED) is 0.805. The molecule has 1 aromatic carbocycles. The highest BCUT2D eigenvalue weighted by atomic mass is 16.5. The number of benzene rings is 1. The van der Waals surface area contributed by atoms with Gasteiger partial charge in [0.1, 0.15) is 17.6 Å². The molecule has 0 heterocycles. The third-order valence-corrected chi connectivity index (χ3v) is 7.47. The van der Waals surface area contributed by atoms with E-state index in [0.29, 0.717) is 30.3 Å². The van der Waals surface area contributed by atoms with Crippen molar-refractivity contribution in [2.75, 3.05) is 0 Å². The molecule has 0 unspecified atom stereocenters. The van der Waals surface area contributed by atoms with Crippen molar-refractivity contribution >= 4 is 11.8 Å². The van der Waals surface area contributed by atoms with Gasteiger partial charge in [-0.3, -0.25) is 9.59 Å². The van der Waals surface area contributed by atoms with Gasteiger partial charge in [0.05, 0.1) is 0 Å². The molecule has 3 aliphatic carbocycles. The molecule has 1 N–H and O–H groups in total. The van der Waals surface area contributed by atoms with E-state index in [9.17, 15) is 14.7 Å². The molecule has 0 aromatic heterocycles. The number of phenols is 1. The number of carbonyl (C=O) groups is 2. The number of fused-ring (bicyclic) bond motifs is 5. The molecule has 3 aliphatic rings. The number of ketones is 1. The molecule has 0 radical (unpaired) electrons. The number of hydrogen-bond donors (Lipinski definition) is 1. The van der Waals surface area contributed by atoms with Crippen molar-refractivity contribution in [1.29, 1.82) is 0 Å². The first-order valence-electron chi connectivity index (χ1n) is 10.4. The van der Waals surface area contributed by atoms with Crippen molar-refractivity contribution in [3.05, 3.63) is 28.8 Å². The molecule has 2 fully saturated rings. The summed E-state index contributed by atoms with van der Waals surface area (Å²) in [5.74, 6) is 1.27. The van der Waals surface area contributed by atoms with E-state index in [-0.39, 0.29) is 29.3 Å². The van der Waals surface area contributed by atoms with Gasteiger partial charge in [-0.1, -0.05) is 26.3 Å². The fourth-order valence-electron chi connectivity index (χ4n) is 6.22. The van der Waals surface area contributed by atoms with E-state index in [1.165, 1.54) is 12.5 Å². The minimum atomic E-state index is -0.264. The summed E-state index contributed by atoms with van der Waals surface area (Å²) in [6.07, 6.45) is 5.71. The number of aromatic hydroxyl groups is 1. The zero-order valence-electron chi connectivity index (χ0n) is 16.6. The molecule has 0 saturated heterocycles. The van der Waals surface area contributed by atoms with Crippen LogP contribution in [0.3, 0.4) is 0 Å². The topological polar surface area (TPSA) is 63.6 Å². The maximum Gasteiger partial charge on any atom is 0.302 e. The average molecular weight is 370 g/mol. The smallest absolute Gasteiger partial charge is 0.302 e.